The highest BCUT2D eigenvalue weighted by Gasteiger charge is 2.29. The minimum absolute atomic E-state index is 0.312. The Balaban J connectivity index is 2.56. The molecule has 1 atom stereocenters. The Hall–Kier alpha value is -1.75. The highest BCUT2D eigenvalue weighted by Crippen LogP contribution is 2.26. The Morgan fingerprint density at radius 3 is 2.37 bits per heavy atom. The van der Waals surface area contributed by atoms with Gasteiger partial charge in [0, 0.05) is 6.42 Å². The van der Waals surface area contributed by atoms with Crippen LogP contribution in [0.15, 0.2) is 24.3 Å². The van der Waals surface area contributed by atoms with Crippen molar-refractivity contribution in [3.05, 3.63) is 24.3 Å². The average Bonchev–Trinajstić information content (AvgIpc) is 2.40. The van der Waals surface area contributed by atoms with Crippen molar-refractivity contribution < 1.29 is 19.0 Å². The number of hydrogen-bond donors (Lipinski definition) is 1. The van der Waals surface area contributed by atoms with Gasteiger partial charge in [0.05, 0.1) is 20.3 Å². The minimum Gasteiger partial charge on any atom is -0.490 e. The molecule has 0 saturated carbocycles. The van der Waals surface area contributed by atoms with Crippen LogP contribution in [-0.4, -0.2) is 31.8 Å². The first-order valence-corrected chi connectivity index (χ1v) is 6.23. The first kappa shape index (κ1) is 15.3. The molecule has 0 aliphatic heterocycles. The van der Waals surface area contributed by atoms with E-state index in [0.717, 1.165) is 0 Å². The first-order valence-electron chi connectivity index (χ1n) is 6.23. The van der Waals surface area contributed by atoms with Crippen LogP contribution in [0.4, 0.5) is 0 Å². The van der Waals surface area contributed by atoms with Crippen LogP contribution in [-0.2, 0) is 9.53 Å². The normalized spacial score (nSPS) is 13.5. The largest absolute Gasteiger partial charge is 0.490 e. The van der Waals surface area contributed by atoms with E-state index >= 15 is 0 Å². The molecule has 5 heteroatoms. The monoisotopic (exact) mass is 267 g/mol. The zero-order chi connectivity index (χ0) is 14.3. The molecule has 106 valence electrons. The molecule has 0 fully saturated rings. The highest BCUT2D eigenvalue weighted by molar-refractivity contribution is 5.79. The lowest BCUT2D eigenvalue weighted by Gasteiger charge is -2.21. The first-order chi connectivity index (χ1) is 9.01. The molecule has 0 amide bonds. The molecule has 0 aliphatic rings. The lowest BCUT2D eigenvalue weighted by molar-refractivity contribution is -0.146. The number of rotatable bonds is 7. The standard InChI is InChI=1S/C14H21NO4/c1-4-18-11-7-5-6-8-12(11)19-10-9-14(2,15)13(16)17-3/h5-8H,4,9-10,15H2,1-3H3. The number of hydrogen-bond acceptors (Lipinski definition) is 5. The molecule has 0 bridgehead atoms. The molecular formula is C14H21NO4. The maximum atomic E-state index is 11.4. The molecule has 5 nitrogen and oxygen atoms in total. The second-order valence-electron chi connectivity index (χ2n) is 4.39. The molecule has 1 aromatic carbocycles. The van der Waals surface area contributed by atoms with Gasteiger partial charge in [-0.2, -0.15) is 0 Å². The van der Waals surface area contributed by atoms with Gasteiger partial charge in [-0.1, -0.05) is 12.1 Å². The van der Waals surface area contributed by atoms with Gasteiger partial charge in [-0.15, -0.1) is 0 Å². The highest BCUT2D eigenvalue weighted by atomic mass is 16.5. The van der Waals surface area contributed by atoms with Crippen LogP contribution in [0.5, 0.6) is 11.5 Å². The molecule has 0 saturated heterocycles. The average molecular weight is 267 g/mol. The summed E-state index contributed by atoms with van der Waals surface area (Å²) in [7, 11) is 1.32. The lowest BCUT2D eigenvalue weighted by Crippen LogP contribution is -2.46. The van der Waals surface area contributed by atoms with Gasteiger partial charge < -0.3 is 19.9 Å². The van der Waals surface area contributed by atoms with Gasteiger partial charge >= 0.3 is 5.97 Å². The zero-order valence-corrected chi connectivity index (χ0v) is 11.6. The predicted molar refractivity (Wildman–Crippen MR) is 72.3 cm³/mol. The predicted octanol–water partition coefficient (Wildman–Crippen LogP) is 1.74. The molecule has 1 rings (SSSR count). The topological polar surface area (TPSA) is 70.8 Å². The van der Waals surface area contributed by atoms with E-state index in [-0.39, 0.29) is 0 Å². The van der Waals surface area contributed by atoms with Crippen molar-refractivity contribution in [2.45, 2.75) is 25.8 Å². The minimum atomic E-state index is -1.05. The SMILES string of the molecule is CCOc1ccccc1OCCC(C)(N)C(=O)OC. The third kappa shape index (κ3) is 4.44. The number of para-hydroxylation sites is 2. The van der Waals surface area contributed by atoms with Crippen LogP contribution in [0.1, 0.15) is 20.3 Å². The van der Waals surface area contributed by atoms with E-state index in [9.17, 15) is 4.79 Å². The van der Waals surface area contributed by atoms with Crippen LogP contribution in [0.25, 0.3) is 0 Å². The van der Waals surface area contributed by atoms with Crippen molar-refractivity contribution in [3.8, 4) is 11.5 Å². The van der Waals surface area contributed by atoms with Crippen molar-refractivity contribution in [3.63, 3.8) is 0 Å². The van der Waals surface area contributed by atoms with E-state index in [2.05, 4.69) is 4.74 Å². The number of carbonyl (C=O) groups excluding carboxylic acids is 1. The van der Waals surface area contributed by atoms with Crippen molar-refractivity contribution >= 4 is 5.97 Å². The summed E-state index contributed by atoms with van der Waals surface area (Å²) in [5.41, 5.74) is 4.80. The van der Waals surface area contributed by atoms with Gasteiger partial charge in [-0.05, 0) is 26.0 Å². The lowest BCUT2D eigenvalue weighted by atomic mass is 10.0. The van der Waals surface area contributed by atoms with Crippen molar-refractivity contribution in [2.75, 3.05) is 20.3 Å². The number of nitrogens with two attached hydrogens (primary N) is 1. The summed E-state index contributed by atoms with van der Waals surface area (Å²) < 4.78 is 15.7. The number of methoxy groups -OCH3 is 1. The van der Waals surface area contributed by atoms with Gasteiger partial charge in [0.25, 0.3) is 0 Å². The Morgan fingerprint density at radius 2 is 1.84 bits per heavy atom. The molecule has 19 heavy (non-hydrogen) atoms. The Bertz CT molecular complexity index is 418. The summed E-state index contributed by atoms with van der Waals surface area (Å²) >= 11 is 0. The fourth-order valence-electron chi connectivity index (χ4n) is 1.55. The molecule has 0 aliphatic carbocycles. The van der Waals surface area contributed by atoms with Gasteiger partial charge in [0.15, 0.2) is 11.5 Å². The summed E-state index contributed by atoms with van der Waals surface area (Å²) in [4.78, 5) is 11.4. The van der Waals surface area contributed by atoms with E-state index in [1.807, 2.05) is 31.2 Å². The molecule has 2 N–H and O–H groups in total. The third-order valence-corrected chi connectivity index (χ3v) is 2.68. The van der Waals surface area contributed by atoms with Crippen LogP contribution in [0.3, 0.4) is 0 Å². The van der Waals surface area contributed by atoms with E-state index < -0.39 is 11.5 Å². The fraction of sp³-hybridized carbons (Fsp3) is 0.500. The van der Waals surface area contributed by atoms with Gasteiger partial charge in [-0.3, -0.25) is 4.79 Å². The maximum Gasteiger partial charge on any atom is 0.325 e. The van der Waals surface area contributed by atoms with Crippen molar-refractivity contribution in [1.29, 1.82) is 0 Å². The van der Waals surface area contributed by atoms with Crippen LogP contribution in [0.2, 0.25) is 0 Å². The number of ether oxygens (including phenoxy) is 3. The van der Waals surface area contributed by atoms with Crippen LogP contribution >= 0.6 is 0 Å². The Kier molecular flexibility index (Phi) is 5.63. The summed E-state index contributed by atoms with van der Waals surface area (Å²) in [6.07, 6.45) is 0.361. The third-order valence-electron chi connectivity index (χ3n) is 2.68. The Morgan fingerprint density at radius 1 is 1.26 bits per heavy atom. The summed E-state index contributed by atoms with van der Waals surface area (Å²) in [5, 5.41) is 0. The smallest absolute Gasteiger partial charge is 0.325 e. The van der Waals surface area contributed by atoms with Gasteiger partial charge in [-0.25, -0.2) is 0 Å². The molecule has 0 aromatic heterocycles. The van der Waals surface area contributed by atoms with E-state index in [4.69, 9.17) is 15.2 Å². The summed E-state index contributed by atoms with van der Waals surface area (Å²) in [6.45, 7) is 4.41. The van der Waals surface area contributed by atoms with E-state index in [1.165, 1.54) is 7.11 Å². The van der Waals surface area contributed by atoms with E-state index in [0.29, 0.717) is 31.1 Å². The van der Waals surface area contributed by atoms with Gasteiger partial charge in [0.1, 0.15) is 5.54 Å². The molecule has 0 spiro atoms. The van der Waals surface area contributed by atoms with Crippen LogP contribution < -0.4 is 15.2 Å². The number of benzene rings is 1. The summed E-state index contributed by atoms with van der Waals surface area (Å²) in [5.74, 6) is 0.876. The maximum absolute atomic E-state index is 11.4. The zero-order valence-electron chi connectivity index (χ0n) is 11.6. The number of carbonyl (C=O) groups is 1. The second kappa shape index (κ2) is 6.99. The van der Waals surface area contributed by atoms with Gasteiger partial charge in [0.2, 0.25) is 0 Å². The number of esters is 1. The molecule has 0 heterocycles. The molecular weight excluding hydrogens is 246 g/mol. The molecule has 1 aromatic rings. The van der Waals surface area contributed by atoms with E-state index in [1.54, 1.807) is 6.92 Å². The second-order valence-corrected chi connectivity index (χ2v) is 4.39. The van der Waals surface area contributed by atoms with Crippen LogP contribution in [0, 0.1) is 0 Å². The molecule has 1 unspecified atom stereocenters. The van der Waals surface area contributed by atoms with Crippen molar-refractivity contribution in [2.24, 2.45) is 5.73 Å². The molecule has 0 radical (unpaired) electrons. The Labute approximate surface area is 113 Å². The van der Waals surface area contributed by atoms with Crippen molar-refractivity contribution in [1.82, 2.24) is 0 Å². The summed E-state index contributed by atoms with van der Waals surface area (Å²) in [6, 6.07) is 7.39. The fourth-order valence-corrected chi connectivity index (χ4v) is 1.55. The quantitative estimate of drug-likeness (QED) is 0.762.